The molecule has 2 atom stereocenters. The van der Waals surface area contributed by atoms with E-state index >= 15 is 0 Å². The smallest absolute Gasteiger partial charge is 0.133 e. The van der Waals surface area contributed by atoms with E-state index in [4.69, 9.17) is 9.47 Å². The SMILES string of the molecule is COc1ccccc1C1(O)C=C2CCc3ccc(cc3)CCC1=CC2(O)c1ccccc1OC. The molecular weight excluding hydrogens is 424 g/mol. The number of benzene rings is 3. The van der Waals surface area contributed by atoms with Crippen molar-refractivity contribution >= 4 is 0 Å². The molecule has 4 nitrogen and oxygen atoms in total. The Hall–Kier alpha value is -3.34. The Kier molecular flexibility index (Phi) is 5.80. The second-order valence-electron chi connectivity index (χ2n) is 9.09. The lowest BCUT2D eigenvalue weighted by Gasteiger charge is -2.41. The van der Waals surface area contributed by atoms with Crippen LogP contribution in [0.5, 0.6) is 11.5 Å². The summed E-state index contributed by atoms with van der Waals surface area (Å²) in [6.45, 7) is 0. The van der Waals surface area contributed by atoms with Gasteiger partial charge in [0.15, 0.2) is 0 Å². The van der Waals surface area contributed by atoms with Gasteiger partial charge in [0.2, 0.25) is 0 Å². The number of aryl methyl sites for hydroxylation is 2. The summed E-state index contributed by atoms with van der Waals surface area (Å²) < 4.78 is 11.3. The van der Waals surface area contributed by atoms with Crippen LogP contribution in [0.1, 0.15) is 35.1 Å². The van der Waals surface area contributed by atoms with Crippen LogP contribution >= 0.6 is 0 Å². The van der Waals surface area contributed by atoms with Gasteiger partial charge in [-0.15, -0.1) is 0 Å². The summed E-state index contributed by atoms with van der Waals surface area (Å²) in [7, 11) is 3.23. The van der Waals surface area contributed by atoms with Gasteiger partial charge in [0.05, 0.1) is 14.2 Å². The molecule has 4 bridgehead atoms. The summed E-state index contributed by atoms with van der Waals surface area (Å²) in [5.74, 6) is 1.23. The molecule has 3 aromatic rings. The first-order valence-electron chi connectivity index (χ1n) is 11.7. The van der Waals surface area contributed by atoms with Gasteiger partial charge < -0.3 is 19.7 Å². The highest BCUT2D eigenvalue weighted by Gasteiger charge is 2.45. The quantitative estimate of drug-likeness (QED) is 0.531. The minimum atomic E-state index is -1.40. The van der Waals surface area contributed by atoms with Crippen molar-refractivity contribution in [2.45, 2.75) is 36.9 Å². The monoisotopic (exact) mass is 454 g/mol. The third-order valence-corrected chi connectivity index (χ3v) is 7.17. The minimum Gasteiger partial charge on any atom is -0.496 e. The van der Waals surface area contributed by atoms with Crippen molar-refractivity contribution in [1.29, 1.82) is 0 Å². The first kappa shape index (κ1) is 22.5. The number of hydrogen-bond donors (Lipinski definition) is 2. The van der Waals surface area contributed by atoms with E-state index in [9.17, 15) is 10.2 Å². The molecule has 2 N–H and O–H groups in total. The van der Waals surface area contributed by atoms with Crippen LogP contribution < -0.4 is 9.47 Å². The predicted octanol–water partition coefficient (Wildman–Crippen LogP) is 5.22. The van der Waals surface area contributed by atoms with Crippen molar-refractivity contribution in [1.82, 2.24) is 0 Å². The first-order valence-corrected chi connectivity index (χ1v) is 11.7. The standard InChI is InChI=1S/C30H30O4/c1-33-27-9-5-3-7-25(27)29(31)19-24-18-16-22-13-11-21(12-14-22)15-17-23(29)20-30(24,32)26-8-4-6-10-28(26)34-2/h3-14,19-20,31-32H,15-18H2,1-2H3. The maximum absolute atomic E-state index is 12.3. The fraction of sp³-hybridized carbons (Fsp3) is 0.267. The number of ether oxygens (including phenoxy) is 2. The van der Waals surface area contributed by atoms with Crippen molar-refractivity contribution < 1.29 is 19.7 Å². The lowest BCUT2D eigenvalue weighted by Crippen LogP contribution is -2.39. The first-order chi connectivity index (χ1) is 16.5. The van der Waals surface area contributed by atoms with Crippen LogP contribution in [0.15, 0.2) is 96.1 Å². The molecule has 174 valence electrons. The molecule has 0 amide bonds. The summed E-state index contributed by atoms with van der Waals surface area (Å²) in [6, 6.07) is 23.8. The molecule has 0 saturated heterocycles. The van der Waals surface area contributed by atoms with Crippen LogP contribution in [0, 0.1) is 0 Å². The van der Waals surface area contributed by atoms with E-state index in [1.54, 1.807) is 14.2 Å². The Bertz CT molecular complexity index is 1160. The van der Waals surface area contributed by atoms with E-state index < -0.39 is 11.2 Å². The molecule has 0 fully saturated rings. The van der Waals surface area contributed by atoms with Crippen LogP contribution in [0.4, 0.5) is 0 Å². The van der Waals surface area contributed by atoms with E-state index in [-0.39, 0.29) is 0 Å². The van der Waals surface area contributed by atoms with E-state index in [2.05, 4.69) is 24.3 Å². The largest absolute Gasteiger partial charge is 0.496 e. The molecule has 0 heterocycles. The van der Waals surface area contributed by atoms with E-state index in [1.165, 1.54) is 11.1 Å². The van der Waals surface area contributed by atoms with Gasteiger partial charge in [0.25, 0.3) is 0 Å². The van der Waals surface area contributed by atoms with Gasteiger partial charge in [-0.05, 0) is 72.2 Å². The lowest BCUT2D eigenvalue weighted by molar-refractivity contribution is 0.0780. The van der Waals surface area contributed by atoms with Crippen LogP contribution in [-0.2, 0) is 24.0 Å². The van der Waals surface area contributed by atoms with Crippen LogP contribution in [0.2, 0.25) is 0 Å². The number of methoxy groups -OCH3 is 2. The zero-order valence-corrected chi connectivity index (χ0v) is 19.6. The Balaban J connectivity index is 1.75. The molecule has 3 aromatic carbocycles. The summed E-state index contributed by atoms with van der Waals surface area (Å²) in [6.07, 6.45) is 6.34. The van der Waals surface area contributed by atoms with Crippen LogP contribution in [0.3, 0.4) is 0 Å². The van der Waals surface area contributed by atoms with Gasteiger partial charge in [-0.25, -0.2) is 0 Å². The maximum Gasteiger partial charge on any atom is 0.133 e. The van der Waals surface area contributed by atoms with Gasteiger partial charge in [0, 0.05) is 11.1 Å². The second-order valence-corrected chi connectivity index (χ2v) is 9.09. The molecule has 4 heteroatoms. The number of rotatable bonds is 4. The molecule has 0 saturated carbocycles. The Labute approximate surface area is 200 Å². The van der Waals surface area contributed by atoms with Crippen molar-refractivity contribution in [3.8, 4) is 11.5 Å². The van der Waals surface area contributed by atoms with Crippen molar-refractivity contribution in [3.63, 3.8) is 0 Å². The molecule has 0 aliphatic heterocycles. The molecule has 2 unspecified atom stereocenters. The fourth-order valence-electron chi connectivity index (χ4n) is 5.29. The highest BCUT2D eigenvalue weighted by molar-refractivity contribution is 5.57. The summed E-state index contributed by atoms with van der Waals surface area (Å²) >= 11 is 0. The van der Waals surface area contributed by atoms with Crippen LogP contribution in [-0.4, -0.2) is 24.4 Å². The fourth-order valence-corrected chi connectivity index (χ4v) is 5.29. The summed E-state index contributed by atoms with van der Waals surface area (Å²) in [4.78, 5) is 0. The maximum atomic E-state index is 12.3. The predicted molar refractivity (Wildman–Crippen MR) is 133 cm³/mol. The van der Waals surface area contributed by atoms with Crippen LogP contribution in [0.25, 0.3) is 0 Å². The molecule has 0 aromatic heterocycles. The number of aliphatic hydroxyl groups is 2. The Morgan fingerprint density at radius 2 is 0.941 bits per heavy atom. The number of hydrogen-bond acceptors (Lipinski definition) is 4. The third-order valence-electron chi connectivity index (χ3n) is 7.17. The lowest BCUT2D eigenvalue weighted by atomic mass is 9.69. The highest BCUT2D eigenvalue weighted by Crippen LogP contribution is 2.50. The molecule has 0 radical (unpaired) electrons. The second kappa shape index (κ2) is 8.79. The van der Waals surface area contributed by atoms with Gasteiger partial charge in [-0.3, -0.25) is 0 Å². The van der Waals surface area contributed by atoms with Gasteiger partial charge in [0.1, 0.15) is 22.7 Å². The molecule has 0 spiro atoms. The highest BCUT2D eigenvalue weighted by atomic mass is 16.5. The topological polar surface area (TPSA) is 58.9 Å². The summed E-state index contributed by atoms with van der Waals surface area (Å²) in [5.41, 5.74) is 2.42. The van der Waals surface area contributed by atoms with Gasteiger partial charge in [-0.1, -0.05) is 60.7 Å². The summed E-state index contributed by atoms with van der Waals surface area (Å²) in [5, 5.41) is 24.6. The Morgan fingerprint density at radius 3 is 1.32 bits per heavy atom. The molecule has 5 aliphatic carbocycles. The van der Waals surface area contributed by atoms with E-state index in [0.29, 0.717) is 35.5 Å². The minimum absolute atomic E-state index is 0.579. The van der Waals surface area contributed by atoms with Crippen molar-refractivity contribution in [2.75, 3.05) is 14.2 Å². The molecule has 5 aliphatic rings. The van der Waals surface area contributed by atoms with Gasteiger partial charge in [-0.2, -0.15) is 0 Å². The Morgan fingerprint density at radius 1 is 0.559 bits per heavy atom. The number of para-hydroxylation sites is 2. The zero-order valence-electron chi connectivity index (χ0n) is 19.6. The molecular formula is C30H30O4. The van der Waals surface area contributed by atoms with Gasteiger partial charge >= 0.3 is 0 Å². The van der Waals surface area contributed by atoms with Crippen molar-refractivity contribution in [3.05, 3.63) is 118 Å². The normalized spacial score (nSPS) is 24.0. The molecule has 34 heavy (non-hydrogen) atoms. The zero-order chi connectivity index (χ0) is 23.8. The van der Waals surface area contributed by atoms with E-state index in [1.807, 2.05) is 60.7 Å². The average Bonchev–Trinajstić information content (AvgIpc) is 2.87. The van der Waals surface area contributed by atoms with E-state index in [0.717, 1.165) is 24.0 Å². The molecule has 8 rings (SSSR count). The average molecular weight is 455 g/mol. The van der Waals surface area contributed by atoms with Crippen molar-refractivity contribution in [2.24, 2.45) is 0 Å². The third kappa shape index (κ3) is 3.73.